The van der Waals surface area contributed by atoms with Crippen molar-refractivity contribution in [1.29, 1.82) is 0 Å². The molecule has 2 rings (SSSR count). The van der Waals surface area contributed by atoms with Crippen LogP contribution in [0.2, 0.25) is 0 Å². The Morgan fingerprint density at radius 3 is 2.53 bits per heavy atom. The van der Waals surface area contributed by atoms with Gasteiger partial charge in [-0.25, -0.2) is 4.68 Å². The van der Waals surface area contributed by atoms with Crippen LogP contribution < -0.4 is 5.84 Å². The Balaban J connectivity index is 2.10. The number of ketones is 1. The van der Waals surface area contributed by atoms with Crippen LogP contribution in [0.4, 0.5) is 0 Å². The smallest absolute Gasteiger partial charge is 0.210 e. The number of Topliss-reactive ketones (excluding diaryl/α,β-unsaturated/α-hetero) is 1. The standard InChI is InChI=1S/C12H17N5OS/c1-7-5-10(8(2)16(7)4)11(18)6-19-12-15-14-9(3)17(12)13/h5H,6,13H2,1-4H3. The van der Waals surface area contributed by atoms with Gasteiger partial charge in [-0.3, -0.25) is 4.79 Å². The molecular weight excluding hydrogens is 262 g/mol. The molecule has 0 saturated heterocycles. The molecule has 2 heterocycles. The molecule has 2 N–H and O–H groups in total. The molecule has 6 nitrogen and oxygen atoms in total. The van der Waals surface area contributed by atoms with Gasteiger partial charge in [-0.15, -0.1) is 10.2 Å². The van der Waals surface area contributed by atoms with Crippen molar-refractivity contribution >= 4 is 17.5 Å². The summed E-state index contributed by atoms with van der Waals surface area (Å²) in [5, 5.41) is 8.33. The molecule has 102 valence electrons. The molecule has 19 heavy (non-hydrogen) atoms. The molecule has 2 aromatic heterocycles. The van der Waals surface area contributed by atoms with E-state index >= 15 is 0 Å². The number of rotatable bonds is 4. The third-order valence-electron chi connectivity index (χ3n) is 3.24. The van der Waals surface area contributed by atoms with E-state index in [2.05, 4.69) is 10.2 Å². The van der Waals surface area contributed by atoms with Crippen LogP contribution in [-0.4, -0.2) is 31.0 Å². The Morgan fingerprint density at radius 2 is 2.05 bits per heavy atom. The van der Waals surface area contributed by atoms with Crippen LogP contribution in [0.3, 0.4) is 0 Å². The van der Waals surface area contributed by atoms with E-state index in [0.29, 0.717) is 16.7 Å². The zero-order chi connectivity index (χ0) is 14.2. The first-order chi connectivity index (χ1) is 8.91. The highest BCUT2D eigenvalue weighted by Crippen LogP contribution is 2.19. The van der Waals surface area contributed by atoms with E-state index in [-0.39, 0.29) is 5.78 Å². The minimum absolute atomic E-state index is 0.0758. The van der Waals surface area contributed by atoms with Gasteiger partial charge in [0.2, 0.25) is 5.16 Å². The van der Waals surface area contributed by atoms with Crippen molar-refractivity contribution in [2.75, 3.05) is 11.6 Å². The highest BCUT2D eigenvalue weighted by Gasteiger charge is 2.16. The summed E-state index contributed by atoms with van der Waals surface area (Å²) in [4.78, 5) is 12.2. The predicted octanol–water partition coefficient (Wildman–Crippen LogP) is 1.23. The van der Waals surface area contributed by atoms with Crippen molar-refractivity contribution in [2.45, 2.75) is 25.9 Å². The fourth-order valence-corrected chi connectivity index (χ4v) is 2.58. The number of thioether (sulfide) groups is 1. The average Bonchev–Trinajstić information content (AvgIpc) is 2.83. The second kappa shape index (κ2) is 5.08. The Kier molecular flexibility index (Phi) is 3.66. The van der Waals surface area contributed by atoms with Gasteiger partial charge in [-0.05, 0) is 26.8 Å². The molecule has 0 atom stereocenters. The van der Waals surface area contributed by atoms with E-state index in [1.807, 2.05) is 31.5 Å². The topological polar surface area (TPSA) is 78.7 Å². The van der Waals surface area contributed by atoms with Crippen LogP contribution in [0.25, 0.3) is 0 Å². The number of carbonyl (C=O) groups is 1. The molecule has 2 aromatic rings. The van der Waals surface area contributed by atoms with Gasteiger partial charge in [-0.2, -0.15) is 0 Å². The summed E-state index contributed by atoms with van der Waals surface area (Å²) in [6, 6.07) is 1.91. The summed E-state index contributed by atoms with van der Waals surface area (Å²) in [5.41, 5.74) is 2.81. The maximum absolute atomic E-state index is 12.2. The molecule has 0 aromatic carbocycles. The van der Waals surface area contributed by atoms with Crippen LogP contribution in [0.1, 0.15) is 27.6 Å². The third kappa shape index (κ3) is 2.51. The zero-order valence-electron chi connectivity index (χ0n) is 11.5. The first-order valence-corrected chi connectivity index (χ1v) is 6.86. The molecule has 0 fully saturated rings. The quantitative estimate of drug-likeness (QED) is 0.517. The maximum atomic E-state index is 12.2. The predicted molar refractivity (Wildman–Crippen MR) is 74.9 cm³/mol. The van der Waals surface area contributed by atoms with Crippen LogP contribution >= 0.6 is 11.8 Å². The maximum Gasteiger partial charge on any atom is 0.210 e. The van der Waals surface area contributed by atoms with E-state index in [9.17, 15) is 4.79 Å². The van der Waals surface area contributed by atoms with E-state index in [1.165, 1.54) is 16.4 Å². The number of carbonyl (C=O) groups excluding carboxylic acids is 1. The average molecular weight is 279 g/mol. The van der Waals surface area contributed by atoms with Gasteiger partial charge in [0.1, 0.15) is 5.82 Å². The molecule has 0 radical (unpaired) electrons. The number of aryl methyl sites for hydroxylation is 2. The van der Waals surface area contributed by atoms with Crippen LogP contribution in [-0.2, 0) is 7.05 Å². The van der Waals surface area contributed by atoms with Gasteiger partial charge in [0.25, 0.3) is 0 Å². The van der Waals surface area contributed by atoms with Gasteiger partial charge in [0.05, 0.1) is 5.75 Å². The first-order valence-electron chi connectivity index (χ1n) is 5.87. The van der Waals surface area contributed by atoms with Gasteiger partial charge in [-0.1, -0.05) is 11.8 Å². The van der Waals surface area contributed by atoms with Crippen molar-refractivity contribution in [3.8, 4) is 0 Å². The monoisotopic (exact) mass is 279 g/mol. The Hall–Kier alpha value is -1.76. The molecular formula is C12H17N5OS. The highest BCUT2D eigenvalue weighted by molar-refractivity contribution is 7.99. The second-order valence-corrected chi connectivity index (χ2v) is 5.40. The van der Waals surface area contributed by atoms with Crippen molar-refractivity contribution in [1.82, 2.24) is 19.4 Å². The number of nitrogen functional groups attached to an aromatic ring is 1. The zero-order valence-corrected chi connectivity index (χ0v) is 12.3. The van der Waals surface area contributed by atoms with E-state index in [4.69, 9.17) is 5.84 Å². The number of hydrogen-bond donors (Lipinski definition) is 1. The summed E-state index contributed by atoms with van der Waals surface area (Å²) in [5.74, 6) is 6.75. The lowest BCUT2D eigenvalue weighted by atomic mass is 10.2. The minimum Gasteiger partial charge on any atom is -0.351 e. The lowest BCUT2D eigenvalue weighted by Gasteiger charge is -2.02. The summed E-state index contributed by atoms with van der Waals surface area (Å²) in [7, 11) is 1.95. The van der Waals surface area contributed by atoms with Crippen molar-refractivity contribution < 1.29 is 4.79 Å². The van der Waals surface area contributed by atoms with Gasteiger partial charge >= 0.3 is 0 Å². The molecule has 0 aliphatic carbocycles. The molecule has 0 unspecified atom stereocenters. The van der Waals surface area contributed by atoms with Crippen LogP contribution in [0, 0.1) is 20.8 Å². The van der Waals surface area contributed by atoms with Gasteiger partial charge < -0.3 is 10.4 Å². The molecule has 0 spiro atoms. The largest absolute Gasteiger partial charge is 0.351 e. The lowest BCUT2D eigenvalue weighted by Crippen LogP contribution is -2.13. The molecule has 0 aliphatic heterocycles. The van der Waals surface area contributed by atoms with Crippen molar-refractivity contribution in [2.24, 2.45) is 7.05 Å². The fraction of sp³-hybridized carbons (Fsp3) is 0.417. The summed E-state index contributed by atoms with van der Waals surface area (Å²) in [6.45, 7) is 5.70. The summed E-state index contributed by atoms with van der Waals surface area (Å²) < 4.78 is 3.40. The number of hydrogen-bond acceptors (Lipinski definition) is 5. The Labute approximate surface area is 116 Å². The van der Waals surface area contributed by atoms with Crippen molar-refractivity contribution in [3.63, 3.8) is 0 Å². The first kappa shape index (κ1) is 13.7. The molecule has 0 bridgehead atoms. The van der Waals surface area contributed by atoms with E-state index in [1.54, 1.807) is 6.92 Å². The molecule has 7 heteroatoms. The van der Waals surface area contributed by atoms with Gasteiger partial charge in [0, 0.05) is 24.0 Å². The van der Waals surface area contributed by atoms with Gasteiger partial charge in [0.15, 0.2) is 5.78 Å². The third-order valence-corrected chi connectivity index (χ3v) is 4.19. The second-order valence-electron chi connectivity index (χ2n) is 4.46. The SMILES string of the molecule is Cc1cc(C(=O)CSc2nnc(C)n2N)c(C)n1C. The van der Waals surface area contributed by atoms with Crippen LogP contribution in [0.5, 0.6) is 0 Å². The number of nitrogens with zero attached hydrogens (tertiary/aromatic N) is 4. The van der Waals surface area contributed by atoms with Crippen molar-refractivity contribution in [3.05, 3.63) is 28.8 Å². The normalized spacial score (nSPS) is 10.9. The number of aromatic nitrogens is 4. The molecule has 0 saturated carbocycles. The lowest BCUT2D eigenvalue weighted by molar-refractivity contribution is 0.102. The van der Waals surface area contributed by atoms with Crippen LogP contribution in [0.15, 0.2) is 11.2 Å². The fourth-order valence-electron chi connectivity index (χ4n) is 1.79. The Morgan fingerprint density at radius 1 is 1.37 bits per heavy atom. The molecule has 0 aliphatic rings. The summed E-state index contributed by atoms with van der Waals surface area (Å²) >= 11 is 1.30. The highest BCUT2D eigenvalue weighted by atomic mass is 32.2. The van der Waals surface area contributed by atoms with E-state index in [0.717, 1.165) is 17.0 Å². The van der Waals surface area contributed by atoms with E-state index < -0.39 is 0 Å². The Bertz CT molecular complexity index is 628. The summed E-state index contributed by atoms with van der Waals surface area (Å²) in [6.07, 6.45) is 0. The molecule has 0 amide bonds. The number of nitrogens with two attached hydrogens (primary N) is 1. The minimum atomic E-state index is 0.0758.